The molecule has 0 amide bonds. The summed E-state index contributed by atoms with van der Waals surface area (Å²) < 4.78 is 74.8. The predicted octanol–water partition coefficient (Wildman–Crippen LogP) is 4.39. The fourth-order valence-electron chi connectivity index (χ4n) is 1.63. The van der Waals surface area contributed by atoms with Crippen LogP contribution in [-0.2, 0) is 0 Å². The molecule has 0 nitrogen and oxygen atoms in total. The van der Waals surface area contributed by atoms with Gasteiger partial charge in [0, 0.05) is 0 Å². The largest absolute Gasteiger partial charge is 0.416 e. The highest BCUT2D eigenvalue weighted by atomic mass is 19.4. The van der Waals surface area contributed by atoms with Gasteiger partial charge in [0.1, 0.15) is 0 Å². The van der Waals surface area contributed by atoms with Crippen LogP contribution in [0.1, 0.15) is 20.3 Å². The molecule has 0 N–H and O–H groups in total. The van der Waals surface area contributed by atoms with E-state index in [1.54, 1.807) is 0 Å². The first-order valence-electron chi connectivity index (χ1n) is 4.51. The Balaban J connectivity index is 3.08. The Morgan fingerprint density at radius 3 is 1.94 bits per heavy atom. The summed E-state index contributed by atoms with van der Waals surface area (Å²) in [5, 5.41) is 0. The number of hydrogen-bond donors (Lipinski definition) is 0. The predicted molar refractivity (Wildman–Crippen MR) is 46.7 cm³/mol. The monoisotopic (exact) mass is 244 g/mol. The van der Waals surface area contributed by atoms with Crippen LogP contribution in [0.15, 0.2) is 23.3 Å². The van der Waals surface area contributed by atoms with Crippen LogP contribution >= 0.6 is 0 Å². The minimum absolute atomic E-state index is 0.376. The van der Waals surface area contributed by atoms with Gasteiger partial charge in [-0.15, -0.1) is 0 Å². The van der Waals surface area contributed by atoms with Crippen molar-refractivity contribution >= 4 is 0 Å². The van der Waals surface area contributed by atoms with Crippen molar-refractivity contribution < 1.29 is 26.3 Å². The van der Waals surface area contributed by atoms with Crippen LogP contribution < -0.4 is 0 Å². The van der Waals surface area contributed by atoms with Crippen molar-refractivity contribution in [3.8, 4) is 0 Å². The summed E-state index contributed by atoms with van der Waals surface area (Å²) in [4.78, 5) is 0. The molecule has 0 bridgehead atoms. The average Bonchev–Trinajstić information content (AvgIpc) is 1.98. The molecule has 1 rings (SSSR count). The highest BCUT2D eigenvalue weighted by molar-refractivity contribution is 5.38. The zero-order valence-corrected chi connectivity index (χ0v) is 8.63. The molecule has 0 spiro atoms. The second kappa shape index (κ2) is 3.53. The molecule has 92 valence electrons. The summed E-state index contributed by atoms with van der Waals surface area (Å²) in [6.07, 6.45) is -8.54. The standard InChI is InChI=1S/C10H10F6/c1-6-5-8(2,10(14,15)16)4-3-7(6)9(11,12)13/h3,5H,4H2,1-2H3. The summed E-state index contributed by atoms with van der Waals surface area (Å²) in [6, 6.07) is 0. The van der Waals surface area contributed by atoms with Crippen LogP contribution in [-0.4, -0.2) is 12.4 Å². The Hall–Kier alpha value is -0.940. The van der Waals surface area contributed by atoms with Gasteiger partial charge in [-0.25, -0.2) is 0 Å². The van der Waals surface area contributed by atoms with Crippen LogP contribution in [0.2, 0.25) is 0 Å². The van der Waals surface area contributed by atoms with Gasteiger partial charge in [-0.05, 0) is 25.8 Å². The van der Waals surface area contributed by atoms with Crippen molar-refractivity contribution in [1.29, 1.82) is 0 Å². The molecule has 1 atom stereocenters. The molecule has 1 unspecified atom stereocenters. The molecule has 1 aliphatic rings. The van der Waals surface area contributed by atoms with Gasteiger partial charge in [0.05, 0.1) is 11.0 Å². The van der Waals surface area contributed by atoms with Gasteiger partial charge < -0.3 is 0 Å². The normalized spacial score (nSPS) is 27.5. The lowest BCUT2D eigenvalue weighted by molar-refractivity contribution is -0.200. The van der Waals surface area contributed by atoms with Gasteiger partial charge in [0.2, 0.25) is 0 Å². The second-order valence-corrected chi connectivity index (χ2v) is 4.06. The molecular weight excluding hydrogens is 234 g/mol. The summed E-state index contributed by atoms with van der Waals surface area (Å²) >= 11 is 0. The van der Waals surface area contributed by atoms with Crippen LogP contribution in [0.3, 0.4) is 0 Å². The third kappa shape index (κ3) is 2.25. The van der Waals surface area contributed by atoms with Gasteiger partial charge in [0.25, 0.3) is 0 Å². The number of halogens is 6. The zero-order valence-electron chi connectivity index (χ0n) is 8.63. The van der Waals surface area contributed by atoms with Crippen molar-refractivity contribution in [2.75, 3.05) is 0 Å². The Labute approximate surface area is 88.6 Å². The Morgan fingerprint density at radius 2 is 1.62 bits per heavy atom. The maximum atomic E-state index is 12.6. The topological polar surface area (TPSA) is 0 Å². The molecule has 0 aromatic rings. The molecule has 0 radical (unpaired) electrons. The zero-order chi connectivity index (χ0) is 12.8. The lowest BCUT2D eigenvalue weighted by atomic mass is 9.78. The third-order valence-corrected chi connectivity index (χ3v) is 2.64. The maximum absolute atomic E-state index is 12.6. The van der Waals surface area contributed by atoms with Gasteiger partial charge in [0.15, 0.2) is 0 Å². The van der Waals surface area contributed by atoms with E-state index >= 15 is 0 Å². The van der Waals surface area contributed by atoms with E-state index in [0.717, 1.165) is 13.8 Å². The van der Waals surface area contributed by atoms with Gasteiger partial charge in [-0.2, -0.15) is 26.3 Å². The summed E-state index contributed by atoms with van der Waals surface area (Å²) in [5.41, 5.74) is -3.56. The van der Waals surface area contributed by atoms with E-state index in [1.165, 1.54) is 0 Å². The molecule has 0 aromatic heterocycles. The molecule has 0 heterocycles. The van der Waals surface area contributed by atoms with E-state index in [9.17, 15) is 26.3 Å². The lowest BCUT2D eigenvalue weighted by Crippen LogP contribution is -2.35. The SMILES string of the molecule is CC1=CC(C)(C(F)(F)F)CC=C1C(F)(F)F. The van der Waals surface area contributed by atoms with Crippen molar-refractivity contribution in [1.82, 2.24) is 0 Å². The summed E-state index contributed by atoms with van der Waals surface area (Å²) in [6.45, 7) is 1.93. The molecule has 0 aromatic carbocycles. The average molecular weight is 244 g/mol. The van der Waals surface area contributed by atoms with E-state index < -0.39 is 29.8 Å². The minimum atomic E-state index is -4.59. The molecule has 0 saturated carbocycles. The van der Waals surface area contributed by atoms with Crippen LogP contribution in [0.5, 0.6) is 0 Å². The Bertz CT molecular complexity index is 343. The van der Waals surface area contributed by atoms with E-state index in [0.29, 0.717) is 12.2 Å². The molecule has 6 heteroatoms. The van der Waals surface area contributed by atoms with Crippen molar-refractivity contribution in [2.24, 2.45) is 5.41 Å². The van der Waals surface area contributed by atoms with Crippen molar-refractivity contribution in [3.63, 3.8) is 0 Å². The first-order valence-corrected chi connectivity index (χ1v) is 4.51. The van der Waals surface area contributed by atoms with Crippen LogP contribution in [0, 0.1) is 5.41 Å². The first-order chi connectivity index (χ1) is 6.97. The molecule has 0 saturated heterocycles. The van der Waals surface area contributed by atoms with Crippen LogP contribution in [0.25, 0.3) is 0 Å². The third-order valence-electron chi connectivity index (χ3n) is 2.64. The highest BCUT2D eigenvalue weighted by Gasteiger charge is 2.51. The van der Waals surface area contributed by atoms with E-state index in [4.69, 9.17) is 0 Å². The number of hydrogen-bond acceptors (Lipinski definition) is 0. The highest BCUT2D eigenvalue weighted by Crippen LogP contribution is 2.48. The molecule has 1 aliphatic carbocycles. The van der Waals surface area contributed by atoms with Crippen LogP contribution in [0.4, 0.5) is 26.3 Å². The van der Waals surface area contributed by atoms with Gasteiger partial charge in [-0.1, -0.05) is 12.2 Å². The summed E-state index contributed by atoms with van der Waals surface area (Å²) in [7, 11) is 0. The van der Waals surface area contributed by atoms with Crippen molar-refractivity contribution in [3.05, 3.63) is 23.3 Å². The van der Waals surface area contributed by atoms with Gasteiger partial charge in [-0.3, -0.25) is 0 Å². The second-order valence-electron chi connectivity index (χ2n) is 4.06. The van der Waals surface area contributed by atoms with E-state index in [2.05, 4.69) is 0 Å². The minimum Gasteiger partial charge on any atom is -0.170 e. The van der Waals surface area contributed by atoms with E-state index in [1.807, 2.05) is 0 Å². The fraction of sp³-hybridized carbons (Fsp3) is 0.600. The maximum Gasteiger partial charge on any atom is 0.416 e. The molecule has 0 fully saturated rings. The first kappa shape index (κ1) is 13.1. The molecular formula is C10H10F6. The summed E-state index contributed by atoms with van der Waals surface area (Å²) in [5.74, 6) is 0. The smallest absolute Gasteiger partial charge is 0.170 e. The Morgan fingerprint density at radius 1 is 1.12 bits per heavy atom. The number of alkyl halides is 6. The number of allylic oxidation sites excluding steroid dienone is 4. The van der Waals surface area contributed by atoms with Crippen molar-refractivity contribution in [2.45, 2.75) is 32.6 Å². The fourth-order valence-corrected chi connectivity index (χ4v) is 1.63. The van der Waals surface area contributed by atoms with Gasteiger partial charge >= 0.3 is 12.4 Å². The quantitative estimate of drug-likeness (QED) is 0.554. The number of rotatable bonds is 0. The van der Waals surface area contributed by atoms with E-state index in [-0.39, 0.29) is 5.57 Å². The lowest BCUT2D eigenvalue weighted by Gasteiger charge is -2.32. The molecule has 16 heavy (non-hydrogen) atoms. The Kier molecular flexibility index (Phi) is 2.90. The molecule has 0 aliphatic heterocycles.